The highest BCUT2D eigenvalue weighted by molar-refractivity contribution is 5.90. The zero-order valence-electron chi connectivity index (χ0n) is 9.64. The van der Waals surface area contributed by atoms with Crippen LogP contribution < -0.4 is 5.32 Å². The zero-order valence-corrected chi connectivity index (χ0v) is 9.64. The van der Waals surface area contributed by atoms with Crippen LogP contribution in [0.15, 0.2) is 34.5 Å². The molecular weight excluding hydrogens is 222 g/mol. The summed E-state index contributed by atoms with van der Waals surface area (Å²) in [5.41, 5.74) is 1.67. The third kappa shape index (κ3) is 4.87. The van der Waals surface area contributed by atoms with E-state index in [1.165, 1.54) is 0 Å². The summed E-state index contributed by atoms with van der Waals surface area (Å²) in [6.07, 6.45) is -0.883. The van der Waals surface area contributed by atoms with Crippen molar-refractivity contribution in [2.75, 3.05) is 11.9 Å². The molecule has 1 rings (SSSR count). The Morgan fingerprint density at radius 2 is 1.88 bits per heavy atom. The van der Waals surface area contributed by atoms with E-state index in [0.717, 1.165) is 5.56 Å². The summed E-state index contributed by atoms with van der Waals surface area (Å²) < 4.78 is 4.48. The summed E-state index contributed by atoms with van der Waals surface area (Å²) in [7, 11) is 0. The molecule has 6 heteroatoms. The van der Waals surface area contributed by atoms with Crippen molar-refractivity contribution in [3.05, 3.63) is 29.8 Å². The molecule has 0 aromatic heterocycles. The third-order valence-corrected chi connectivity index (χ3v) is 1.79. The van der Waals surface area contributed by atoms with Gasteiger partial charge in [0.05, 0.1) is 6.61 Å². The van der Waals surface area contributed by atoms with Crippen molar-refractivity contribution >= 4 is 17.8 Å². The van der Waals surface area contributed by atoms with Gasteiger partial charge in [-0.25, -0.2) is 9.59 Å². The number of benzene rings is 1. The van der Waals surface area contributed by atoms with Crippen LogP contribution in [0.4, 0.5) is 15.3 Å². The van der Waals surface area contributed by atoms with E-state index in [9.17, 15) is 9.59 Å². The molecule has 0 spiro atoms. The Balaban J connectivity index is 2.49. The average molecular weight is 235 g/mol. The SMILES string of the molecule is CCOC(=O)/N=N/C(=O)Nc1ccc(C)cc1. The molecule has 0 radical (unpaired) electrons. The van der Waals surface area contributed by atoms with Crippen LogP contribution in [-0.4, -0.2) is 18.7 Å². The maximum atomic E-state index is 11.2. The minimum Gasteiger partial charge on any atom is -0.447 e. The van der Waals surface area contributed by atoms with Crippen LogP contribution in [-0.2, 0) is 4.74 Å². The van der Waals surface area contributed by atoms with Gasteiger partial charge in [0.1, 0.15) is 0 Å². The first-order valence-electron chi connectivity index (χ1n) is 5.08. The summed E-state index contributed by atoms with van der Waals surface area (Å²) in [5.74, 6) is 0. The van der Waals surface area contributed by atoms with Crippen LogP contribution in [0.3, 0.4) is 0 Å². The number of carbonyl (C=O) groups excluding carboxylic acids is 2. The smallest absolute Gasteiger partial charge is 0.447 e. The first-order valence-corrected chi connectivity index (χ1v) is 5.08. The van der Waals surface area contributed by atoms with E-state index in [2.05, 4.69) is 20.3 Å². The molecule has 0 fully saturated rings. The zero-order chi connectivity index (χ0) is 12.7. The second-order valence-corrected chi connectivity index (χ2v) is 3.20. The largest absolute Gasteiger partial charge is 0.452 e. The van der Waals surface area contributed by atoms with Crippen molar-refractivity contribution in [3.63, 3.8) is 0 Å². The molecule has 3 amide bonds. The molecule has 0 saturated carbocycles. The molecule has 6 nitrogen and oxygen atoms in total. The second-order valence-electron chi connectivity index (χ2n) is 3.20. The lowest BCUT2D eigenvalue weighted by Gasteiger charge is -2.00. The number of hydrogen-bond acceptors (Lipinski definition) is 3. The van der Waals surface area contributed by atoms with Gasteiger partial charge in [-0.15, -0.1) is 0 Å². The van der Waals surface area contributed by atoms with Crippen LogP contribution in [0.25, 0.3) is 0 Å². The van der Waals surface area contributed by atoms with Crippen LogP contribution in [0.2, 0.25) is 0 Å². The normalized spacial score (nSPS) is 10.2. The number of amides is 3. The van der Waals surface area contributed by atoms with Gasteiger partial charge in [-0.1, -0.05) is 27.9 Å². The van der Waals surface area contributed by atoms with E-state index in [1.807, 2.05) is 19.1 Å². The van der Waals surface area contributed by atoms with E-state index in [4.69, 9.17) is 0 Å². The van der Waals surface area contributed by atoms with E-state index in [1.54, 1.807) is 19.1 Å². The minimum atomic E-state index is -0.883. The van der Waals surface area contributed by atoms with Crippen LogP contribution in [0.1, 0.15) is 12.5 Å². The van der Waals surface area contributed by atoms with Gasteiger partial charge < -0.3 is 10.1 Å². The molecule has 90 valence electrons. The van der Waals surface area contributed by atoms with Gasteiger partial charge in [0.15, 0.2) is 0 Å². The fraction of sp³-hybridized carbons (Fsp3) is 0.273. The molecule has 0 aliphatic heterocycles. The van der Waals surface area contributed by atoms with Crippen molar-refractivity contribution < 1.29 is 14.3 Å². The van der Waals surface area contributed by atoms with Gasteiger partial charge in [0, 0.05) is 5.69 Å². The summed E-state index contributed by atoms with van der Waals surface area (Å²) in [6, 6.07) is 6.43. The van der Waals surface area contributed by atoms with Crippen LogP contribution in [0, 0.1) is 6.92 Å². The third-order valence-electron chi connectivity index (χ3n) is 1.79. The Morgan fingerprint density at radius 1 is 1.24 bits per heavy atom. The van der Waals surface area contributed by atoms with E-state index < -0.39 is 12.1 Å². The summed E-state index contributed by atoms with van der Waals surface area (Å²) in [5, 5.41) is 8.70. The molecule has 0 aliphatic carbocycles. The number of rotatable bonds is 2. The van der Waals surface area contributed by atoms with Gasteiger partial charge in [-0.2, -0.15) is 0 Å². The highest BCUT2D eigenvalue weighted by atomic mass is 16.5. The number of nitrogens with zero attached hydrogens (tertiary/aromatic N) is 2. The monoisotopic (exact) mass is 235 g/mol. The van der Waals surface area contributed by atoms with Crippen molar-refractivity contribution in [2.45, 2.75) is 13.8 Å². The Labute approximate surface area is 98.7 Å². The van der Waals surface area contributed by atoms with Gasteiger partial charge in [-0.3, -0.25) is 0 Å². The fourth-order valence-corrected chi connectivity index (χ4v) is 1.02. The Kier molecular flexibility index (Phi) is 4.80. The highest BCUT2D eigenvalue weighted by Gasteiger charge is 2.02. The molecule has 0 unspecified atom stereocenters. The molecule has 0 atom stereocenters. The second kappa shape index (κ2) is 6.37. The molecule has 0 heterocycles. The lowest BCUT2D eigenvalue weighted by molar-refractivity contribution is 0.161. The molecular formula is C11H13N3O3. The van der Waals surface area contributed by atoms with Gasteiger partial charge in [-0.05, 0) is 26.0 Å². The van der Waals surface area contributed by atoms with E-state index >= 15 is 0 Å². The van der Waals surface area contributed by atoms with Crippen molar-refractivity contribution in [1.29, 1.82) is 0 Å². The maximum Gasteiger partial charge on any atom is 0.452 e. The average Bonchev–Trinajstić information content (AvgIpc) is 2.30. The molecule has 1 N–H and O–H groups in total. The first kappa shape index (κ1) is 12.8. The van der Waals surface area contributed by atoms with E-state index in [-0.39, 0.29) is 6.61 Å². The topological polar surface area (TPSA) is 80.1 Å². The maximum absolute atomic E-state index is 11.2. The van der Waals surface area contributed by atoms with Crippen molar-refractivity contribution in [3.8, 4) is 0 Å². The van der Waals surface area contributed by atoms with E-state index in [0.29, 0.717) is 5.69 Å². The summed E-state index contributed by atoms with van der Waals surface area (Å²) in [6.45, 7) is 3.77. The number of azo groups is 1. The number of aryl methyl sites for hydroxylation is 1. The number of urea groups is 1. The first-order chi connectivity index (χ1) is 8.11. The lowest BCUT2D eigenvalue weighted by Crippen LogP contribution is -2.06. The number of ether oxygens (including phenoxy) is 1. The Morgan fingerprint density at radius 3 is 2.47 bits per heavy atom. The summed E-state index contributed by atoms with van der Waals surface area (Å²) >= 11 is 0. The lowest BCUT2D eigenvalue weighted by atomic mass is 10.2. The highest BCUT2D eigenvalue weighted by Crippen LogP contribution is 2.08. The molecule has 1 aromatic rings. The van der Waals surface area contributed by atoms with Gasteiger partial charge in [0.25, 0.3) is 0 Å². The Hall–Kier alpha value is -2.24. The molecule has 1 aromatic carbocycles. The minimum absolute atomic E-state index is 0.192. The molecule has 0 bridgehead atoms. The predicted octanol–water partition coefficient (Wildman–Crippen LogP) is 3.14. The Bertz CT molecular complexity index is 426. The predicted molar refractivity (Wildman–Crippen MR) is 62.1 cm³/mol. The summed E-state index contributed by atoms with van der Waals surface area (Å²) in [4.78, 5) is 22.0. The van der Waals surface area contributed by atoms with Crippen molar-refractivity contribution in [2.24, 2.45) is 10.2 Å². The number of nitrogens with one attached hydrogen (secondary N) is 1. The van der Waals surface area contributed by atoms with Gasteiger partial charge >= 0.3 is 12.1 Å². The molecule has 0 saturated heterocycles. The fourth-order valence-electron chi connectivity index (χ4n) is 1.02. The van der Waals surface area contributed by atoms with Crippen LogP contribution >= 0.6 is 0 Å². The number of carbonyl (C=O) groups is 2. The standard InChI is InChI=1S/C11H13N3O3/c1-3-17-11(16)14-13-10(15)12-9-6-4-8(2)5-7-9/h4-7H,3H2,1-2H3,(H,12,15)/b14-13+. The van der Waals surface area contributed by atoms with Crippen LogP contribution in [0.5, 0.6) is 0 Å². The van der Waals surface area contributed by atoms with Gasteiger partial charge in [0.2, 0.25) is 0 Å². The number of anilines is 1. The quantitative estimate of drug-likeness (QED) is 0.799. The van der Waals surface area contributed by atoms with Crippen molar-refractivity contribution in [1.82, 2.24) is 0 Å². The molecule has 0 aliphatic rings. The molecule has 17 heavy (non-hydrogen) atoms. The number of hydrogen-bond donors (Lipinski definition) is 1.